The fourth-order valence-electron chi connectivity index (χ4n) is 14.1. The van der Waals surface area contributed by atoms with Gasteiger partial charge in [0.25, 0.3) is 0 Å². The molecule has 1 atom stereocenters. The lowest BCUT2D eigenvalue weighted by Crippen LogP contribution is -2.16. The second kappa shape index (κ2) is 24.2. The van der Waals surface area contributed by atoms with Crippen molar-refractivity contribution in [1.82, 2.24) is 0 Å². The van der Waals surface area contributed by atoms with Crippen LogP contribution in [-0.4, -0.2) is 0 Å². The van der Waals surface area contributed by atoms with Crippen molar-refractivity contribution in [3.63, 3.8) is 0 Å². The Kier molecular flexibility index (Phi) is 14.6. The molecule has 0 saturated carbocycles. The van der Waals surface area contributed by atoms with Gasteiger partial charge in [-0.3, -0.25) is 0 Å². The van der Waals surface area contributed by atoms with E-state index in [0.717, 1.165) is 81.5 Å². The third kappa shape index (κ3) is 10.5. The summed E-state index contributed by atoms with van der Waals surface area (Å²) in [6.07, 6.45) is 19.1. The van der Waals surface area contributed by atoms with E-state index in [0.29, 0.717) is 0 Å². The van der Waals surface area contributed by atoms with Crippen molar-refractivity contribution in [2.75, 3.05) is 14.7 Å². The Morgan fingerprint density at radius 3 is 1.30 bits per heavy atom. The average molecular weight is 1160 g/mol. The molecule has 14 aromatic carbocycles. The Morgan fingerprint density at radius 1 is 0.286 bits per heavy atom. The summed E-state index contributed by atoms with van der Waals surface area (Å²) in [7, 11) is 0. The molecule has 16 rings (SSSR count). The number of hydrogen-bond donors (Lipinski definition) is 0. The van der Waals surface area contributed by atoms with E-state index in [-0.39, 0.29) is 5.92 Å². The van der Waals surface area contributed by atoms with Crippen molar-refractivity contribution in [2.45, 2.75) is 25.2 Å². The van der Waals surface area contributed by atoms with Gasteiger partial charge in [-0.2, -0.15) is 0 Å². The lowest BCUT2D eigenvalue weighted by Gasteiger charge is -2.28. The van der Waals surface area contributed by atoms with Gasteiger partial charge in [-0.1, -0.05) is 231 Å². The second-order valence-corrected chi connectivity index (χ2v) is 23.8. The van der Waals surface area contributed by atoms with Gasteiger partial charge in [0.15, 0.2) is 0 Å². The van der Waals surface area contributed by atoms with Crippen molar-refractivity contribution < 1.29 is 0 Å². The minimum atomic E-state index is 0.123. The molecule has 91 heavy (non-hydrogen) atoms. The lowest BCUT2D eigenvalue weighted by atomic mass is 9.78. The predicted molar refractivity (Wildman–Crippen MR) is 388 cm³/mol. The molecule has 0 fully saturated rings. The van der Waals surface area contributed by atoms with Crippen LogP contribution in [0.3, 0.4) is 0 Å². The molecule has 0 N–H and O–H groups in total. The number of anilines is 8. The molecular weight excluding hydrogens is 1100 g/mol. The van der Waals surface area contributed by atoms with Crippen LogP contribution in [-0.2, 0) is 0 Å². The zero-order chi connectivity index (χ0) is 60.5. The molecule has 0 saturated heterocycles. The summed E-state index contributed by atoms with van der Waals surface area (Å²) < 4.78 is 0. The molecule has 0 bridgehead atoms. The van der Waals surface area contributed by atoms with Gasteiger partial charge in [0.2, 0.25) is 0 Å². The molecule has 0 radical (unpaired) electrons. The largest absolute Gasteiger partial charge is 0.311 e. The van der Waals surface area contributed by atoms with Crippen LogP contribution in [0.1, 0.15) is 30.7 Å². The van der Waals surface area contributed by atoms with E-state index in [1.165, 1.54) is 82.2 Å². The third-order valence-electron chi connectivity index (χ3n) is 18.3. The number of rotatable bonds is 14. The number of para-hydroxylation sites is 5. The molecule has 0 amide bonds. The summed E-state index contributed by atoms with van der Waals surface area (Å²) in [5.41, 5.74) is 20.9. The summed E-state index contributed by atoms with van der Waals surface area (Å²) in [4.78, 5) is 7.09. The van der Waals surface area contributed by atoms with Crippen LogP contribution in [0.5, 0.6) is 0 Å². The molecule has 0 aromatic heterocycles. The molecule has 14 aromatic rings. The van der Waals surface area contributed by atoms with E-state index in [9.17, 15) is 0 Å². The van der Waals surface area contributed by atoms with Crippen molar-refractivity contribution >= 4 is 88.6 Å². The van der Waals surface area contributed by atoms with Crippen LogP contribution >= 0.6 is 0 Å². The second-order valence-electron chi connectivity index (χ2n) is 23.8. The van der Waals surface area contributed by atoms with Crippen molar-refractivity contribution in [3.8, 4) is 44.5 Å². The fourth-order valence-corrected chi connectivity index (χ4v) is 14.1. The van der Waals surface area contributed by atoms with E-state index in [1.807, 2.05) is 0 Å². The van der Waals surface area contributed by atoms with Gasteiger partial charge in [-0.25, -0.2) is 0 Å². The quantitative estimate of drug-likeness (QED) is 0.101. The maximum Gasteiger partial charge on any atom is 0.0462 e. The zero-order valence-electron chi connectivity index (χ0n) is 50.5. The predicted octanol–water partition coefficient (Wildman–Crippen LogP) is 24.9. The highest BCUT2D eigenvalue weighted by Crippen LogP contribution is 2.51. The fraction of sp³-hybridized carbons (Fsp3) is 0.0455. The lowest BCUT2D eigenvalue weighted by molar-refractivity contribution is 0.858. The Morgan fingerprint density at radius 2 is 0.747 bits per heavy atom. The highest BCUT2D eigenvalue weighted by molar-refractivity contribution is 6.32. The SMILES string of the molecule is C1=CCC(c2cc(-c3ccc(N(c4ccccc4)c4ccccc4)cc3)c3c4ccc(-c5ccc(N(c6ccccc6)c6ccccc6)cc5)cc4c4cc(-c5cccc6ccccc56)ccc4c3c2-c2ccc(N(C3=CCCC=C3)c3ccccc3)cc2)C=C1. The average Bonchev–Trinajstić information content (AvgIpc) is 0.721. The van der Waals surface area contributed by atoms with Crippen molar-refractivity contribution in [3.05, 3.63) is 363 Å². The van der Waals surface area contributed by atoms with E-state index < -0.39 is 0 Å². The first kappa shape index (κ1) is 54.8. The molecule has 432 valence electrons. The molecule has 2 aliphatic carbocycles. The Balaban J connectivity index is 0.962. The number of fused-ring (bicyclic) bond motifs is 7. The maximum atomic E-state index is 2.56. The highest BCUT2D eigenvalue weighted by atomic mass is 15.2. The van der Waals surface area contributed by atoms with E-state index in [2.05, 4.69) is 367 Å². The summed E-state index contributed by atoms with van der Waals surface area (Å²) in [5.74, 6) is 0.123. The van der Waals surface area contributed by atoms with E-state index >= 15 is 0 Å². The van der Waals surface area contributed by atoms with Crippen LogP contribution in [0.25, 0.3) is 87.6 Å². The zero-order valence-corrected chi connectivity index (χ0v) is 50.5. The minimum Gasteiger partial charge on any atom is -0.311 e. The van der Waals surface area contributed by atoms with Crippen LogP contribution in [0.15, 0.2) is 358 Å². The van der Waals surface area contributed by atoms with E-state index in [4.69, 9.17) is 0 Å². The minimum absolute atomic E-state index is 0.123. The van der Waals surface area contributed by atoms with Crippen LogP contribution in [0.2, 0.25) is 0 Å². The van der Waals surface area contributed by atoms with Gasteiger partial charge in [-0.15, -0.1) is 0 Å². The number of allylic oxidation sites excluding steroid dienone is 7. The van der Waals surface area contributed by atoms with Gasteiger partial charge < -0.3 is 14.7 Å². The first-order valence-electron chi connectivity index (χ1n) is 31.8. The smallest absolute Gasteiger partial charge is 0.0462 e. The van der Waals surface area contributed by atoms with Crippen LogP contribution in [0, 0.1) is 0 Å². The summed E-state index contributed by atoms with van der Waals surface area (Å²) in [6.45, 7) is 0. The highest BCUT2D eigenvalue weighted by Gasteiger charge is 2.26. The molecule has 3 nitrogen and oxygen atoms in total. The molecule has 3 heteroatoms. The first-order chi connectivity index (χ1) is 45.2. The molecule has 0 spiro atoms. The van der Waals surface area contributed by atoms with Gasteiger partial charge >= 0.3 is 0 Å². The molecule has 1 unspecified atom stereocenters. The molecule has 0 aliphatic heterocycles. The van der Waals surface area contributed by atoms with Gasteiger partial charge in [-0.05, 0) is 234 Å². The topological polar surface area (TPSA) is 9.72 Å². The van der Waals surface area contributed by atoms with E-state index in [1.54, 1.807) is 0 Å². The Bertz CT molecular complexity index is 5010. The summed E-state index contributed by atoms with van der Waals surface area (Å²) >= 11 is 0. The Labute approximate surface area is 533 Å². The van der Waals surface area contributed by atoms with Crippen molar-refractivity contribution in [2.24, 2.45) is 0 Å². The summed E-state index contributed by atoms with van der Waals surface area (Å²) in [5, 5.41) is 9.81. The summed E-state index contributed by atoms with van der Waals surface area (Å²) in [6, 6.07) is 114. The van der Waals surface area contributed by atoms with Crippen LogP contribution < -0.4 is 14.7 Å². The molecule has 0 heterocycles. The van der Waals surface area contributed by atoms with Crippen LogP contribution in [0.4, 0.5) is 45.5 Å². The Hall–Kier alpha value is -11.5. The normalized spacial score (nSPS) is 13.6. The third-order valence-corrected chi connectivity index (χ3v) is 18.3. The number of nitrogens with zero attached hydrogens (tertiary/aromatic N) is 3. The van der Waals surface area contributed by atoms with Gasteiger partial charge in [0, 0.05) is 57.1 Å². The standard InChI is InChI=1S/C88H65N3/c1-8-25-64(26-9-1)82-61-83(65-45-53-76(54-46-65)90(71-33-14-4-15-34-71)72-35-16-5-17-36-72)87-80-57-49-67(62-43-51-75(52-44-62)89(69-29-10-2-11-30-69)70-31-12-3-13-32-70)59-84(80)85-60-68(79-42-24-28-63-27-22-23-41-78(63)79)50-58-81(85)88(87)86(82)66-47-55-77(56-48-66)91(73-37-18-6-19-38-73)74-39-20-7-21-40-74/h1-6,8-20,22-25,27-61,64H,7,21,26H2. The van der Waals surface area contributed by atoms with Gasteiger partial charge in [0.05, 0.1) is 0 Å². The van der Waals surface area contributed by atoms with Crippen molar-refractivity contribution in [1.29, 1.82) is 0 Å². The number of benzene rings is 14. The maximum absolute atomic E-state index is 2.56. The molecular formula is C88H65N3. The van der Waals surface area contributed by atoms with Gasteiger partial charge in [0.1, 0.15) is 0 Å². The monoisotopic (exact) mass is 1160 g/mol. The number of hydrogen-bond acceptors (Lipinski definition) is 3. The molecule has 2 aliphatic rings. The first-order valence-corrected chi connectivity index (χ1v) is 31.8.